The van der Waals surface area contributed by atoms with Crippen molar-refractivity contribution in [3.8, 4) is 5.69 Å². The zero-order valence-corrected chi connectivity index (χ0v) is 19.1. The van der Waals surface area contributed by atoms with Crippen molar-refractivity contribution in [2.24, 2.45) is 0 Å². The minimum Gasteiger partial charge on any atom is -0.333 e. The van der Waals surface area contributed by atoms with Crippen molar-refractivity contribution in [2.45, 2.75) is 17.5 Å². The summed E-state index contributed by atoms with van der Waals surface area (Å²) in [6, 6.07) is 33.8. The highest BCUT2D eigenvalue weighted by Crippen LogP contribution is 2.31. The van der Waals surface area contributed by atoms with E-state index < -0.39 is 0 Å². The number of fused-ring (bicyclic) bond motifs is 3. The lowest BCUT2D eigenvalue weighted by Gasteiger charge is -2.12. The molecule has 0 aliphatic heterocycles. The van der Waals surface area contributed by atoms with Crippen molar-refractivity contribution in [3.05, 3.63) is 120 Å². The van der Waals surface area contributed by atoms with Crippen LogP contribution in [0.5, 0.6) is 0 Å². The van der Waals surface area contributed by atoms with Gasteiger partial charge in [-0.3, -0.25) is 4.57 Å². The van der Waals surface area contributed by atoms with Crippen LogP contribution in [0.25, 0.3) is 27.5 Å². The van der Waals surface area contributed by atoms with Crippen molar-refractivity contribution < 1.29 is 4.39 Å². The standard InChI is InChI=1S/C28H21FN4S/c29-21-10-8-9-20(17-21)19-34-28-31-30-27(33(28)22-11-2-1-3-12-22)18-32-25-15-6-4-13-23(25)24-14-5-7-16-26(24)32/h1-17H,18-19H2. The first-order valence-corrected chi connectivity index (χ1v) is 12.1. The summed E-state index contributed by atoms with van der Waals surface area (Å²) in [4.78, 5) is 0. The highest BCUT2D eigenvalue weighted by atomic mass is 32.2. The Morgan fingerprint density at radius 1 is 0.706 bits per heavy atom. The van der Waals surface area contributed by atoms with Crippen LogP contribution in [0.1, 0.15) is 11.4 Å². The number of para-hydroxylation sites is 3. The molecular weight excluding hydrogens is 443 g/mol. The first-order chi connectivity index (χ1) is 16.8. The van der Waals surface area contributed by atoms with Crippen LogP contribution in [-0.4, -0.2) is 19.3 Å². The Kier molecular flexibility index (Phi) is 5.35. The molecule has 0 fully saturated rings. The summed E-state index contributed by atoms with van der Waals surface area (Å²) in [5, 5.41) is 12.4. The summed E-state index contributed by atoms with van der Waals surface area (Å²) in [5.74, 6) is 1.23. The minimum absolute atomic E-state index is 0.227. The van der Waals surface area contributed by atoms with Crippen LogP contribution in [0.15, 0.2) is 108 Å². The molecule has 0 amide bonds. The van der Waals surface area contributed by atoms with E-state index in [1.165, 1.54) is 27.9 Å². The van der Waals surface area contributed by atoms with Gasteiger partial charge in [0.25, 0.3) is 0 Å². The highest BCUT2D eigenvalue weighted by Gasteiger charge is 2.18. The van der Waals surface area contributed by atoms with E-state index >= 15 is 0 Å². The van der Waals surface area contributed by atoms with Gasteiger partial charge in [0.2, 0.25) is 0 Å². The van der Waals surface area contributed by atoms with E-state index in [0.717, 1.165) is 22.2 Å². The maximum Gasteiger partial charge on any atom is 0.196 e. The first-order valence-electron chi connectivity index (χ1n) is 11.1. The van der Waals surface area contributed by atoms with Crippen LogP contribution >= 0.6 is 11.8 Å². The molecule has 0 saturated heterocycles. The van der Waals surface area contributed by atoms with Gasteiger partial charge in [-0.25, -0.2) is 4.39 Å². The zero-order chi connectivity index (χ0) is 22.9. The molecular formula is C28H21FN4S. The number of benzene rings is 4. The van der Waals surface area contributed by atoms with E-state index in [4.69, 9.17) is 0 Å². The fourth-order valence-electron chi connectivity index (χ4n) is 4.42. The molecule has 0 N–H and O–H groups in total. The Balaban J connectivity index is 1.43. The van der Waals surface area contributed by atoms with Gasteiger partial charge in [-0.2, -0.15) is 0 Å². The van der Waals surface area contributed by atoms with Gasteiger partial charge < -0.3 is 4.57 Å². The number of rotatable bonds is 6. The van der Waals surface area contributed by atoms with Gasteiger partial charge in [0.05, 0.1) is 6.54 Å². The average molecular weight is 465 g/mol. The van der Waals surface area contributed by atoms with Gasteiger partial charge in [0.15, 0.2) is 11.0 Å². The lowest BCUT2D eigenvalue weighted by Crippen LogP contribution is -2.08. The van der Waals surface area contributed by atoms with E-state index in [0.29, 0.717) is 12.3 Å². The van der Waals surface area contributed by atoms with Crippen LogP contribution in [0.2, 0.25) is 0 Å². The fourth-order valence-corrected chi connectivity index (χ4v) is 5.34. The fraction of sp³-hybridized carbons (Fsp3) is 0.0714. The van der Waals surface area contributed by atoms with Crippen LogP contribution in [0, 0.1) is 5.82 Å². The molecule has 0 saturated carbocycles. The summed E-state index contributed by atoms with van der Waals surface area (Å²) in [6.07, 6.45) is 0. The molecule has 2 heterocycles. The summed E-state index contributed by atoms with van der Waals surface area (Å²) in [5.41, 5.74) is 4.25. The van der Waals surface area contributed by atoms with Gasteiger partial charge in [0, 0.05) is 33.2 Å². The molecule has 0 spiro atoms. The average Bonchev–Trinajstić information content (AvgIpc) is 3.43. The second-order valence-corrected chi connectivity index (χ2v) is 9.05. The molecule has 0 unspecified atom stereocenters. The number of thioether (sulfide) groups is 1. The second-order valence-electron chi connectivity index (χ2n) is 8.11. The van der Waals surface area contributed by atoms with Gasteiger partial charge >= 0.3 is 0 Å². The molecule has 4 nitrogen and oxygen atoms in total. The molecule has 0 radical (unpaired) electrons. The van der Waals surface area contributed by atoms with Gasteiger partial charge in [-0.1, -0.05) is 78.5 Å². The Hall–Kier alpha value is -3.90. The van der Waals surface area contributed by atoms with Crippen molar-refractivity contribution >= 4 is 33.6 Å². The molecule has 4 aromatic carbocycles. The SMILES string of the molecule is Fc1cccc(CSc2nnc(Cn3c4ccccc4c4ccccc43)n2-c2ccccc2)c1. The zero-order valence-electron chi connectivity index (χ0n) is 18.3. The largest absolute Gasteiger partial charge is 0.333 e. The van der Waals surface area contributed by atoms with Crippen molar-refractivity contribution in [1.29, 1.82) is 0 Å². The molecule has 6 rings (SSSR count). The molecule has 166 valence electrons. The van der Waals surface area contributed by atoms with Crippen LogP contribution in [0.3, 0.4) is 0 Å². The highest BCUT2D eigenvalue weighted by molar-refractivity contribution is 7.98. The van der Waals surface area contributed by atoms with E-state index in [1.807, 2.05) is 24.3 Å². The van der Waals surface area contributed by atoms with Crippen molar-refractivity contribution in [2.75, 3.05) is 0 Å². The first kappa shape index (κ1) is 20.7. The van der Waals surface area contributed by atoms with E-state index in [-0.39, 0.29) is 5.82 Å². The molecule has 2 aromatic heterocycles. The van der Waals surface area contributed by atoms with Crippen LogP contribution in [0.4, 0.5) is 4.39 Å². The molecule has 34 heavy (non-hydrogen) atoms. The summed E-state index contributed by atoms with van der Waals surface area (Å²) < 4.78 is 18.1. The Labute approximate surface area is 200 Å². The molecule has 6 heteroatoms. The Morgan fingerprint density at radius 2 is 1.38 bits per heavy atom. The van der Waals surface area contributed by atoms with E-state index in [2.05, 4.69) is 80.0 Å². The maximum absolute atomic E-state index is 13.7. The number of halogens is 1. The Bertz CT molecular complexity index is 1550. The maximum atomic E-state index is 13.7. The lowest BCUT2D eigenvalue weighted by molar-refractivity contribution is 0.626. The van der Waals surface area contributed by atoms with Gasteiger partial charge in [0.1, 0.15) is 5.82 Å². The van der Waals surface area contributed by atoms with E-state index in [9.17, 15) is 4.39 Å². The topological polar surface area (TPSA) is 35.6 Å². The molecule has 0 aliphatic carbocycles. The summed E-state index contributed by atoms with van der Waals surface area (Å²) >= 11 is 1.56. The molecule has 0 atom stereocenters. The quantitative estimate of drug-likeness (QED) is 0.253. The van der Waals surface area contributed by atoms with Crippen molar-refractivity contribution in [1.82, 2.24) is 19.3 Å². The smallest absolute Gasteiger partial charge is 0.196 e. The predicted octanol–water partition coefficient (Wildman–Crippen LogP) is 6.85. The third-order valence-corrected chi connectivity index (χ3v) is 6.95. The van der Waals surface area contributed by atoms with Crippen LogP contribution < -0.4 is 0 Å². The normalized spacial score (nSPS) is 11.4. The van der Waals surface area contributed by atoms with Crippen molar-refractivity contribution in [3.63, 3.8) is 0 Å². The number of aromatic nitrogens is 4. The third kappa shape index (κ3) is 3.76. The predicted molar refractivity (Wildman–Crippen MR) is 136 cm³/mol. The lowest BCUT2D eigenvalue weighted by atomic mass is 10.2. The Morgan fingerprint density at radius 3 is 2.09 bits per heavy atom. The van der Waals surface area contributed by atoms with Gasteiger partial charge in [-0.05, 0) is 42.0 Å². The second kappa shape index (κ2) is 8.80. The molecule has 6 aromatic rings. The third-order valence-electron chi connectivity index (χ3n) is 5.95. The monoisotopic (exact) mass is 464 g/mol. The van der Waals surface area contributed by atoms with E-state index in [1.54, 1.807) is 23.9 Å². The minimum atomic E-state index is -0.227. The van der Waals surface area contributed by atoms with Crippen LogP contribution in [-0.2, 0) is 12.3 Å². The summed E-state index contributed by atoms with van der Waals surface area (Å²) in [7, 11) is 0. The number of hydrogen-bond donors (Lipinski definition) is 0. The van der Waals surface area contributed by atoms with Gasteiger partial charge in [-0.15, -0.1) is 10.2 Å². The molecule has 0 aliphatic rings. The molecule has 0 bridgehead atoms. The number of nitrogens with zero attached hydrogens (tertiary/aromatic N) is 4. The number of hydrogen-bond acceptors (Lipinski definition) is 3. The summed E-state index contributed by atoms with van der Waals surface area (Å²) in [6.45, 7) is 0.580.